The fraction of sp³-hybridized carbons (Fsp3) is 0.400. The van der Waals surface area contributed by atoms with E-state index < -0.39 is 40.1 Å². The maximum absolute atomic E-state index is 14.5. The van der Waals surface area contributed by atoms with Crippen molar-refractivity contribution in [2.24, 2.45) is 16.8 Å². The molecule has 1 heterocycles. The number of amides is 1. The Morgan fingerprint density at radius 3 is 2.19 bits per heavy atom. The number of hydrogen-bond acceptors (Lipinski definition) is 6. The molecule has 0 fully saturated rings. The third-order valence-corrected chi connectivity index (χ3v) is 8.16. The van der Waals surface area contributed by atoms with Crippen LogP contribution >= 0.6 is 11.3 Å². The van der Waals surface area contributed by atoms with Crippen LogP contribution in [-0.4, -0.2) is 49.4 Å². The molecule has 0 N–H and O–H groups in total. The number of aromatic nitrogens is 1. The molecule has 3 aromatic rings. The number of esters is 1. The fourth-order valence-corrected chi connectivity index (χ4v) is 6.54. The van der Waals surface area contributed by atoms with Crippen molar-refractivity contribution in [3.63, 3.8) is 0 Å². The molecule has 0 aliphatic rings. The molecule has 0 aliphatic heterocycles. The zero-order chi connectivity index (χ0) is 27.5. The summed E-state index contributed by atoms with van der Waals surface area (Å²) in [5, 5.41) is 0. The topological polar surface area (TPSA) is 98.0 Å². The van der Waals surface area contributed by atoms with E-state index in [1.54, 1.807) is 0 Å². The van der Waals surface area contributed by atoms with E-state index in [1.165, 1.54) is 28.6 Å². The maximum atomic E-state index is 14.5. The molecule has 200 valence electrons. The van der Waals surface area contributed by atoms with Crippen LogP contribution in [0.25, 0.3) is 10.2 Å². The third-order valence-electron chi connectivity index (χ3n) is 5.28. The lowest BCUT2D eigenvalue weighted by atomic mass is 10.2. The summed E-state index contributed by atoms with van der Waals surface area (Å²) < 4.78 is 62.1. The van der Waals surface area contributed by atoms with Gasteiger partial charge in [-0.25, -0.2) is 17.2 Å². The molecule has 0 saturated heterocycles. The van der Waals surface area contributed by atoms with Crippen molar-refractivity contribution in [3.8, 4) is 0 Å². The van der Waals surface area contributed by atoms with E-state index in [2.05, 4.69) is 9.73 Å². The van der Waals surface area contributed by atoms with Crippen molar-refractivity contribution in [2.75, 3.05) is 20.2 Å². The molecular formula is C25H29F2N3O5S2. The van der Waals surface area contributed by atoms with E-state index in [0.29, 0.717) is 19.2 Å². The molecule has 0 bridgehead atoms. The zero-order valence-electron chi connectivity index (χ0n) is 21.2. The first kappa shape index (κ1) is 28.6. The predicted molar refractivity (Wildman–Crippen MR) is 137 cm³/mol. The van der Waals surface area contributed by atoms with Gasteiger partial charge in [0.05, 0.1) is 22.2 Å². The van der Waals surface area contributed by atoms with E-state index in [9.17, 15) is 26.8 Å². The number of carbonyl (C=O) groups excluding carboxylic acids is 2. The number of ether oxygens (including phenoxy) is 1. The lowest BCUT2D eigenvalue weighted by Crippen LogP contribution is -2.37. The van der Waals surface area contributed by atoms with Gasteiger partial charge in [-0.1, -0.05) is 39.0 Å². The van der Waals surface area contributed by atoms with E-state index in [-0.39, 0.29) is 37.3 Å². The molecule has 8 nitrogen and oxygen atoms in total. The Bertz CT molecular complexity index is 1470. The number of sulfonamides is 1. The van der Waals surface area contributed by atoms with E-state index in [1.807, 2.05) is 27.7 Å². The van der Waals surface area contributed by atoms with Crippen LogP contribution in [0, 0.1) is 23.5 Å². The molecule has 0 saturated carbocycles. The minimum absolute atomic E-state index is 0.0355. The van der Waals surface area contributed by atoms with Crippen LogP contribution in [0.15, 0.2) is 46.3 Å². The highest BCUT2D eigenvalue weighted by Gasteiger charge is 2.26. The zero-order valence-corrected chi connectivity index (χ0v) is 22.8. The first-order valence-corrected chi connectivity index (χ1v) is 13.8. The van der Waals surface area contributed by atoms with Gasteiger partial charge in [0.15, 0.2) is 10.6 Å². The number of nitrogens with zero attached hydrogens (tertiary/aromatic N) is 3. The highest BCUT2D eigenvalue weighted by atomic mass is 32.2. The van der Waals surface area contributed by atoms with Gasteiger partial charge in [0.25, 0.3) is 5.91 Å². The lowest BCUT2D eigenvalue weighted by Gasteiger charge is -2.25. The average Bonchev–Trinajstić information content (AvgIpc) is 3.14. The summed E-state index contributed by atoms with van der Waals surface area (Å²) in [4.78, 5) is 28.9. The Morgan fingerprint density at radius 2 is 1.65 bits per heavy atom. The van der Waals surface area contributed by atoms with Crippen LogP contribution in [0.2, 0.25) is 0 Å². The molecule has 37 heavy (non-hydrogen) atoms. The fourth-order valence-electron chi connectivity index (χ4n) is 3.71. The van der Waals surface area contributed by atoms with E-state index >= 15 is 0 Å². The number of benzene rings is 2. The molecule has 3 rings (SSSR count). The van der Waals surface area contributed by atoms with Gasteiger partial charge >= 0.3 is 5.97 Å². The average molecular weight is 554 g/mol. The van der Waals surface area contributed by atoms with Crippen LogP contribution in [0.5, 0.6) is 0 Å². The number of methoxy groups -OCH3 is 1. The van der Waals surface area contributed by atoms with Crippen molar-refractivity contribution in [1.82, 2.24) is 8.87 Å². The van der Waals surface area contributed by atoms with Gasteiger partial charge in [0, 0.05) is 24.7 Å². The van der Waals surface area contributed by atoms with Gasteiger partial charge in [0.1, 0.15) is 12.4 Å². The van der Waals surface area contributed by atoms with Crippen molar-refractivity contribution in [2.45, 2.75) is 39.1 Å². The van der Waals surface area contributed by atoms with Crippen molar-refractivity contribution >= 4 is 43.5 Å². The maximum Gasteiger partial charge on any atom is 0.325 e. The number of hydrogen-bond donors (Lipinski definition) is 0. The Balaban J connectivity index is 2.00. The second kappa shape index (κ2) is 11.6. The minimum Gasteiger partial charge on any atom is -0.468 e. The molecule has 1 aromatic heterocycles. The summed E-state index contributed by atoms with van der Waals surface area (Å²) in [5.74, 6) is -2.91. The predicted octanol–water partition coefficient (Wildman–Crippen LogP) is 4.20. The van der Waals surface area contributed by atoms with Crippen molar-refractivity contribution in [1.29, 1.82) is 0 Å². The van der Waals surface area contributed by atoms with Gasteiger partial charge in [-0.2, -0.15) is 9.30 Å². The van der Waals surface area contributed by atoms with Crippen molar-refractivity contribution < 1.29 is 31.5 Å². The highest BCUT2D eigenvalue weighted by molar-refractivity contribution is 7.89. The monoisotopic (exact) mass is 553 g/mol. The second-order valence-electron chi connectivity index (χ2n) is 9.33. The summed E-state index contributed by atoms with van der Waals surface area (Å²) in [6.45, 7) is 8.03. The molecule has 12 heteroatoms. The summed E-state index contributed by atoms with van der Waals surface area (Å²) in [6.07, 6.45) is 0. The summed E-state index contributed by atoms with van der Waals surface area (Å²) in [5.41, 5.74) is 0.00661. The number of halogens is 2. The standard InChI is InChI=1S/C25H29F2N3O5S2/c1-15(2)12-29(13-16(3)4)37(33,34)19-8-6-17(7-9-19)24(32)28-25-30(14-22(31)35-5)23-20(27)10-18(26)11-21(23)36-25/h6-11,15-16H,12-14H2,1-5H3. The van der Waals surface area contributed by atoms with Gasteiger partial charge in [-0.05, 0) is 42.2 Å². The first-order valence-electron chi connectivity index (χ1n) is 11.6. The molecule has 0 unspecified atom stereocenters. The number of carbonyl (C=O) groups is 2. The highest BCUT2D eigenvalue weighted by Crippen LogP contribution is 2.23. The molecular weight excluding hydrogens is 524 g/mol. The number of thiazole rings is 1. The summed E-state index contributed by atoms with van der Waals surface area (Å²) >= 11 is 0.835. The Labute approximate surface area is 218 Å². The Morgan fingerprint density at radius 1 is 1.05 bits per heavy atom. The van der Waals surface area contributed by atoms with Gasteiger partial charge in [-0.15, -0.1) is 0 Å². The summed E-state index contributed by atoms with van der Waals surface area (Å²) in [7, 11) is -2.62. The molecule has 0 aliphatic carbocycles. The van der Waals surface area contributed by atoms with Crippen LogP contribution in [-0.2, 0) is 26.1 Å². The lowest BCUT2D eigenvalue weighted by molar-refractivity contribution is -0.141. The van der Waals surface area contributed by atoms with Crippen LogP contribution < -0.4 is 4.80 Å². The molecule has 0 spiro atoms. The second-order valence-corrected chi connectivity index (χ2v) is 12.3. The molecule has 0 radical (unpaired) electrons. The van der Waals surface area contributed by atoms with E-state index in [0.717, 1.165) is 29.1 Å². The number of fused-ring (bicyclic) bond motifs is 1. The SMILES string of the molecule is COC(=O)Cn1c(=NC(=O)c2ccc(S(=O)(=O)N(CC(C)C)CC(C)C)cc2)sc2cc(F)cc(F)c21. The first-order chi connectivity index (χ1) is 17.3. The van der Waals surface area contributed by atoms with Gasteiger partial charge in [0.2, 0.25) is 10.0 Å². The van der Waals surface area contributed by atoms with Crippen molar-refractivity contribution in [3.05, 3.63) is 58.4 Å². The quantitative estimate of drug-likeness (QED) is 0.370. The normalized spacial score (nSPS) is 12.8. The smallest absolute Gasteiger partial charge is 0.325 e. The van der Waals surface area contributed by atoms with Crippen LogP contribution in [0.4, 0.5) is 8.78 Å². The Kier molecular flexibility index (Phi) is 8.98. The van der Waals surface area contributed by atoms with Gasteiger partial charge < -0.3 is 9.30 Å². The van der Waals surface area contributed by atoms with Gasteiger partial charge in [-0.3, -0.25) is 9.59 Å². The summed E-state index contributed by atoms with van der Waals surface area (Å²) in [6, 6.07) is 7.14. The third kappa shape index (κ3) is 6.68. The largest absolute Gasteiger partial charge is 0.468 e. The molecule has 0 atom stereocenters. The minimum atomic E-state index is -3.78. The Hall–Kier alpha value is -2.96. The number of rotatable bonds is 9. The molecule has 1 amide bonds. The molecule has 2 aromatic carbocycles. The van der Waals surface area contributed by atoms with E-state index in [4.69, 9.17) is 0 Å². The van der Waals surface area contributed by atoms with Crippen LogP contribution in [0.3, 0.4) is 0 Å². The van der Waals surface area contributed by atoms with Crippen LogP contribution in [0.1, 0.15) is 38.1 Å².